The van der Waals surface area contributed by atoms with Gasteiger partial charge in [0.1, 0.15) is 0 Å². The van der Waals surface area contributed by atoms with Crippen molar-refractivity contribution in [3.8, 4) is 0 Å². The zero-order valence-electron chi connectivity index (χ0n) is 14.1. The van der Waals surface area contributed by atoms with E-state index in [1.807, 2.05) is 51.1 Å². The van der Waals surface area contributed by atoms with Gasteiger partial charge in [0.05, 0.1) is 5.75 Å². The summed E-state index contributed by atoms with van der Waals surface area (Å²) in [6.07, 6.45) is 1.16. The summed E-state index contributed by atoms with van der Waals surface area (Å²) in [6, 6.07) is 9.19. The number of sulfonamides is 1. The maximum atomic E-state index is 12.5. The van der Waals surface area contributed by atoms with Crippen molar-refractivity contribution in [2.75, 3.05) is 13.1 Å². The van der Waals surface area contributed by atoms with Gasteiger partial charge < -0.3 is 5.32 Å². The van der Waals surface area contributed by atoms with Gasteiger partial charge in [-0.3, -0.25) is 4.79 Å². The van der Waals surface area contributed by atoms with Crippen LogP contribution in [0.3, 0.4) is 0 Å². The van der Waals surface area contributed by atoms with Gasteiger partial charge >= 0.3 is 0 Å². The van der Waals surface area contributed by atoms with Gasteiger partial charge in [0, 0.05) is 24.5 Å². The van der Waals surface area contributed by atoms with Crippen molar-refractivity contribution in [2.45, 2.75) is 44.9 Å². The highest BCUT2D eigenvalue weighted by Gasteiger charge is 2.32. The first-order valence-electron chi connectivity index (χ1n) is 8.01. The number of hydrogen-bond donors (Lipinski definition) is 1. The summed E-state index contributed by atoms with van der Waals surface area (Å²) in [5.41, 5.74) is 0.535. The molecule has 128 valence electrons. The van der Waals surface area contributed by atoms with Crippen molar-refractivity contribution in [3.05, 3.63) is 35.9 Å². The maximum absolute atomic E-state index is 12.5. The fourth-order valence-electron chi connectivity index (χ4n) is 2.74. The third kappa shape index (κ3) is 5.32. The lowest BCUT2D eigenvalue weighted by Crippen LogP contribution is -2.48. The standard InChI is InChI=1S/C17H26N2O3S/c1-17(2,3)18-16(20)15-9-11-19(12-10-15)23(21,22)13-14-7-5-4-6-8-14/h4-8,15H,9-13H2,1-3H3,(H,18,20). The molecule has 0 unspecified atom stereocenters. The highest BCUT2D eigenvalue weighted by Crippen LogP contribution is 2.22. The zero-order valence-corrected chi connectivity index (χ0v) is 14.9. The van der Waals surface area contributed by atoms with Crippen LogP contribution in [0.15, 0.2) is 30.3 Å². The molecule has 0 aliphatic carbocycles. The monoisotopic (exact) mass is 338 g/mol. The maximum Gasteiger partial charge on any atom is 0.223 e. The van der Waals surface area contributed by atoms with Crippen molar-refractivity contribution < 1.29 is 13.2 Å². The van der Waals surface area contributed by atoms with E-state index in [9.17, 15) is 13.2 Å². The number of amides is 1. The quantitative estimate of drug-likeness (QED) is 0.915. The molecule has 2 rings (SSSR count). The minimum atomic E-state index is -3.32. The number of carbonyl (C=O) groups is 1. The molecule has 1 aromatic carbocycles. The molecule has 1 heterocycles. The van der Waals surface area contributed by atoms with E-state index in [2.05, 4.69) is 5.32 Å². The lowest BCUT2D eigenvalue weighted by atomic mass is 9.96. The Kier molecular flexibility index (Phi) is 5.47. The molecule has 23 heavy (non-hydrogen) atoms. The molecule has 5 nitrogen and oxygen atoms in total. The molecule has 0 spiro atoms. The Morgan fingerprint density at radius 1 is 1.17 bits per heavy atom. The van der Waals surface area contributed by atoms with Crippen LogP contribution in [0.5, 0.6) is 0 Å². The third-order valence-electron chi connectivity index (χ3n) is 3.91. The third-order valence-corrected chi connectivity index (χ3v) is 5.76. The Morgan fingerprint density at radius 2 is 1.74 bits per heavy atom. The second-order valence-electron chi connectivity index (χ2n) is 7.15. The summed E-state index contributed by atoms with van der Waals surface area (Å²) in [7, 11) is -3.32. The Labute approximate surface area is 139 Å². The lowest BCUT2D eigenvalue weighted by Gasteiger charge is -2.32. The normalized spacial score (nSPS) is 17.9. The predicted octanol–water partition coefficient (Wildman–Crippen LogP) is 2.14. The van der Waals surface area contributed by atoms with Crippen molar-refractivity contribution in [2.24, 2.45) is 5.92 Å². The molecule has 0 radical (unpaired) electrons. The van der Waals surface area contributed by atoms with Crippen LogP contribution in [0.4, 0.5) is 0 Å². The molecular weight excluding hydrogens is 312 g/mol. The van der Waals surface area contributed by atoms with Crippen LogP contribution in [-0.2, 0) is 20.6 Å². The van der Waals surface area contributed by atoms with Gasteiger partial charge in [0.2, 0.25) is 15.9 Å². The fraction of sp³-hybridized carbons (Fsp3) is 0.588. The predicted molar refractivity (Wildman–Crippen MR) is 91.3 cm³/mol. The SMILES string of the molecule is CC(C)(C)NC(=O)C1CCN(S(=O)(=O)Cc2ccccc2)CC1. The van der Waals surface area contributed by atoms with Gasteiger partial charge in [-0.2, -0.15) is 0 Å². The van der Waals surface area contributed by atoms with Crippen LogP contribution in [0, 0.1) is 5.92 Å². The fourth-order valence-corrected chi connectivity index (χ4v) is 4.31. The van der Waals surface area contributed by atoms with Crippen molar-refractivity contribution >= 4 is 15.9 Å². The van der Waals surface area contributed by atoms with E-state index in [4.69, 9.17) is 0 Å². The van der Waals surface area contributed by atoms with E-state index in [1.54, 1.807) is 0 Å². The summed E-state index contributed by atoms with van der Waals surface area (Å²) in [5, 5.41) is 2.98. The Bertz CT molecular complexity index is 628. The summed E-state index contributed by atoms with van der Waals surface area (Å²) < 4.78 is 26.5. The molecule has 6 heteroatoms. The van der Waals surface area contributed by atoms with Gasteiger partial charge in [-0.25, -0.2) is 12.7 Å². The van der Waals surface area contributed by atoms with Crippen LogP contribution >= 0.6 is 0 Å². The topological polar surface area (TPSA) is 66.5 Å². The van der Waals surface area contributed by atoms with Crippen LogP contribution in [0.2, 0.25) is 0 Å². The van der Waals surface area contributed by atoms with E-state index in [-0.39, 0.29) is 23.1 Å². The zero-order chi connectivity index (χ0) is 17.1. The van der Waals surface area contributed by atoms with Gasteiger partial charge in [-0.1, -0.05) is 30.3 Å². The van der Waals surface area contributed by atoms with E-state index < -0.39 is 10.0 Å². The molecule has 0 bridgehead atoms. The van der Waals surface area contributed by atoms with Gasteiger partial charge in [-0.05, 0) is 39.2 Å². The number of nitrogens with one attached hydrogen (secondary N) is 1. The van der Waals surface area contributed by atoms with Crippen LogP contribution in [-0.4, -0.2) is 37.3 Å². The van der Waals surface area contributed by atoms with Crippen molar-refractivity contribution in [1.29, 1.82) is 0 Å². The van der Waals surface area contributed by atoms with Crippen molar-refractivity contribution in [1.82, 2.24) is 9.62 Å². The van der Waals surface area contributed by atoms with E-state index >= 15 is 0 Å². The number of nitrogens with zero attached hydrogens (tertiary/aromatic N) is 1. The Morgan fingerprint density at radius 3 is 2.26 bits per heavy atom. The summed E-state index contributed by atoms with van der Waals surface area (Å²) >= 11 is 0. The van der Waals surface area contributed by atoms with Gasteiger partial charge in [0.15, 0.2) is 0 Å². The second kappa shape index (κ2) is 7.01. The molecule has 1 fully saturated rings. The molecular formula is C17H26N2O3S. The molecule has 1 N–H and O–H groups in total. The van der Waals surface area contributed by atoms with Gasteiger partial charge in [0.25, 0.3) is 0 Å². The summed E-state index contributed by atoms with van der Waals surface area (Å²) in [6.45, 7) is 6.67. The number of benzene rings is 1. The summed E-state index contributed by atoms with van der Waals surface area (Å²) in [5.74, 6) is -0.0535. The number of hydrogen-bond acceptors (Lipinski definition) is 3. The molecule has 1 aliphatic heterocycles. The first-order valence-corrected chi connectivity index (χ1v) is 9.62. The van der Waals surface area contributed by atoms with Crippen LogP contribution in [0.1, 0.15) is 39.2 Å². The average molecular weight is 338 g/mol. The largest absolute Gasteiger partial charge is 0.351 e. The molecule has 1 saturated heterocycles. The molecule has 0 atom stereocenters. The number of rotatable bonds is 4. The second-order valence-corrected chi connectivity index (χ2v) is 9.12. The highest BCUT2D eigenvalue weighted by molar-refractivity contribution is 7.88. The molecule has 0 aromatic heterocycles. The Hall–Kier alpha value is -1.40. The van der Waals surface area contributed by atoms with Crippen LogP contribution in [0.25, 0.3) is 0 Å². The number of carbonyl (C=O) groups excluding carboxylic acids is 1. The minimum absolute atomic E-state index is 0.0205. The summed E-state index contributed by atoms with van der Waals surface area (Å²) in [4.78, 5) is 12.2. The van der Waals surface area contributed by atoms with E-state index in [1.165, 1.54) is 4.31 Å². The first kappa shape index (κ1) is 17.9. The first-order chi connectivity index (χ1) is 10.7. The van der Waals surface area contributed by atoms with E-state index in [0.717, 1.165) is 5.56 Å². The smallest absolute Gasteiger partial charge is 0.223 e. The van der Waals surface area contributed by atoms with E-state index in [0.29, 0.717) is 25.9 Å². The molecule has 1 aliphatic rings. The van der Waals surface area contributed by atoms with Crippen molar-refractivity contribution in [3.63, 3.8) is 0 Å². The number of piperidine rings is 1. The minimum Gasteiger partial charge on any atom is -0.351 e. The molecule has 1 aromatic rings. The van der Waals surface area contributed by atoms with Gasteiger partial charge in [-0.15, -0.1) is 0 Å². The Balaban J connectivity index is 1.92. The molecule has 1 amide bonds. The average Bonchev–Trinajstić information content (AvgIpc) is 2.46. The highest BCUT2D eigenvalue weighted by atomic mass is 32.2. The van der Waals surface area contributed by atoms with Crippen LogP contribution < -0.4 is 5.32 Å². The molecule has 0 saturated carbocycles. The lowest BCUT2D eigenvalue weighted by molar-refractivity contribution is -0.127.